The number of hydrogen-bond donors (Lipinski definition) is 2. The number of carbonyl (C=O) groups excluding carboxylic acids is 1. The smallest absolute Gasteiger partial charge is 0.268 e. The summed E-state index contributed by atoms with van der Waals surface area (Å²) in [5.74, 6) is 3.26. The topological polar surface area (TPSA) is 101 Å². The zero-order valence-corrected chi connectivity index (χ0v) is 17.7. The maximum atomic E-state index is 13.3. The lowest BCUT2D eigenvalue weighted by Gasteiger charge is -2.59. The summed E-state index contributed by atoms with van der Waals surface area (Å²) < 4.78 is 1.89. The molecule has 31 heavy (non-hydrogen) atoms. The number of carbonyl (C=O) groups is 1. The summed E-state index contributed by atoms with van der Waals surface area (Å²) >= 11 is 0. The fourth-order valence-corrected chi connectivity index (χ4v) is 8.14. The Morgan fingerprint density at radius 3 is 3.03 bits per heavy atom. The third-order valence-corrected chi connectivity index (χ3v) is 9.27. The van der Waals surface area contributed by atoms with Gasteiger partial charge in [0.1, 0.15) is 11.3 Å². The number of amides is 1. The molecule has 0 aliphatic heterocycles. The standard InChI is InChI=1S/C23H27N7O/c1-13(20-26-28-29-27-20)17-11-30-18(3-2-4-19(30)25-17)21(31)24-12-22-7-15-5-14-6-16(10-22)23(22,8-14)9-15/h2-4,11,13-16H,5-10,12H2,1H3,(H,24,31)(H,26,27,28,29). The average molecular weight is 418 g/mol. The number of nitrogens with one attached hydrogen (secondary N) is 2. The molecule has 1 spiro atoms. The normalized spacial score (nSPS) is 35.8. The lowest BCUT2D eigenvalue weighted by Crippen LogP contribution is -2.57. The third-order valence-electron chi connectivity index (χ3n) is 9.27. The highest BCUT2D eigenvalue weighted by molar-refractivity contribution is 5.93. The van der Waals surface area contributed by atoms with Crippen LogP contribution in [-0.2, 0) is 0 Å². The van der Waals surface area contributed by atoms with E-state index in [2.05, 4.69) is 25.9 Å². The molecule has 1 amide bonds. The van der Waals surface area contributed by atoms with Gasteiger partial charge in [0, 0.05) is 12.7 Å². The fourth-order valence-electron chi connectivity index (χ4n) is 8.14. The Labute approximate surface area is 180 Å². The number of tetrazole rings is 1. The van der Waals surface area contributed by atoms with E-state index in [0.717, 1.165) is 35.6 Å². The van der Waals surface area contributed by atoms with Crippen molar-refractivity contribution in [1.82, 2.24) is 35.3 Å². The fraction of sp³-hybridized carbons (Fsp3) is 0.609. The molecule has 3 aromatic heterocycles. The Kier molecular flexibility index (Phi) is 3.41. The first-order valence-corrected chi connectivity index (χ1v) is 11.6. The molecular weight excluding hydrogens is 390 g/mol. The number of pyridine rings is 1. The van der Waals surface area contributed by atoms with Crippen LogP contribution in [0.3, 0.4) is 0 Å². The van der Waals surface area contributed by atoms with Crippen molar-refractivity contribution in [3.05, 3.63) is 41.6 Å². The molecule has 4 aliphatic rings. The van der Waals surface area contributed by atoms with Crippen LogP contribution in [0.2, 0.25) is 0 Å². The number of fused-ring (bicyclic) bond motifs is 3. The third kappa shape index (κ3) is 2.28. The summed E-state index contributed by atoms with van der Waals surface area (Å²) in [6.07, 6.45) is 10.3. The van der Waals surface area contributed by atoms with E-state index in [-0.39, 0.29) is 11.8 Å². The molecule has 0 radical (unpaired) electrons. The maximum absolute atomic E-state index is 13.3. The van der Waals surface area contributed by atoms with E-state index in [1.165, 1.54) is 38.5 Å². The van der Waals surface area contributed by atoms with E-state index in [9.17, 15) is 4.79 Å². The van der Waals surface area contributed by atoms with Gasteiger partial charge in [0.15, 0.2) is 5.82 Å². The molecular formula is C23H27N7O. The number of imidazole rings is 1. The van der Waals surface area contributed by atoms with Gasteiger partial charge < -0.3 is 5.32 Å². The molecule has 4 aliphatic carbocycles. The van der Waals surface area contributed by atoms with E-state index in [0.29, 0.717) is 22.3 Å². The predicted molar refractivity (Wildman–Crippen MR) is 112 cm³/mol. The molecule has 8 nitrogen and oxygen atoms in total. The SMILES string of the molecule is CC(c1cn2c(C(=O)NCC34CC5CC6CC(C3)C4(C6)C5)cccc2n1)c1nn[nH]n1. The molecule has 3 aromatic rings. The Morgan fingerprint density at radius 2 is 2.16 bits per heavy atom. The van der Waals surface area contributed by atoms with Crippen LogP contribution in [0.1, 0.15) is 73.4 Å². The predicted octanol–water partition coefficient (Wildman–Crippen LogP) is 2.95. The van der Waals surface area contributed by atoms with Crippen LogP contribution in [0.25, 0.3) is 5.65 Å². The van der Waals surface area contributed by atoms with Gasteiger partial charge in [-0.2, -0.15) is 5.21 Å². The van der Waals surface area contributed by atoms with Crippen molar-refractivity contribution < 1.29 is 4.79 Å². The van der Waals surface area contributed by atoms with Crippen molar-refractivity contribution in [3.8, 4) is 0 Å². The van der Waals surface area contributed by atoms with Crippen molar-refractivity contribution in [3.63, 3.8) is 0 Å². The Balaban J connectivity index is 1.15. The van der Waals surface area contributed by atoms with E-state index in [1.807, 2.05) is 35.7 Å². The average Bonchev–Trinajstić information content (AvgIpc) is 3.51. The van der Waals surface area contributed by atoms with Gasteiger partial charge in [0.05, 0.1) is 11.6 Å². The first-order chi connectivity index (χ1) is 15.1. The van der Waals surface area contributed by atoms with Crippen LogP contribution >= 0.6 is 0 Å². The second kappa shape index (κ2) is 5.93. The van der Waals surface area contributed by atoms with Gasteiger partial charge in [0.2, 0.25) is 0 Å². The van der Waals surface area contributed by atoms with Gasteiger partial charge in [-0.05, 0) is 86.2 Å². The van der Waals surface area contributed by atoms with Crippen LogP contribution < -0.4 is 5.32 Å². The first-order valence-electron chi connectivity index (χ1n) is 11.6. The molecule has 4 saturated carbocycles. The second-order valence-electron chi connectivity index (χ2n) is 10.6. The summed E-state index contributed by atoms with van der Waals surface area (Å²) in [6, 6.07) is 5.71. The summed E-state index contributed by atoms with van der Waals surface area (Å²) in [7, 11) is 0. The molecule has 6 unspecified atom stereocenters. The summed E-state index contributed by atoms with van der Waals surface area (Å²) in [5.41, 5.74) is 3.11. The van der Waals surface area contributed by atoms with Crippen molar-refractivity contribution in [1.29, 1.82) is 0 Å². The van der Waals surface area contributed by atoms with Crippen LogP contribution in [0.15, 0.2) is 24.4 Å². The maximum Gasteiger partial charge on any atom is 0.268 e. The van der Waals surface area contributed by atoms with Gasteiger partial charge in [-0.3, -0.25) is 9.20 Å². The van der Waals surface area contributed by atoms with Crippen molar-refractivity contribution in [2.75, 3.05) is 6.54 Å². The van der Waals surface area contributed by atoms with Crippen LogP contribution in [-0.4, -0.2) is 42.5 Å². The minimum absolute atomic E-state index is 0.00742. The van der Waals surface area contributed by atoms with Gasteiger partial charge in [-0.25, -0.2) is 4.98 Å². The summed E-state index contributed by atoms with van der Waals surface area (Å²) in [6.45, 7) is 2.81. The highest BCUT2D eigenvalue weighted by Gasteiger charge is 2.73. The van der Waals surface area contributed by atoms with Gasteiger partial charge in [-0.15, -0.1) is 10.2 Å². The lowest BCUT2D eigenvalue weighted by molar-refractivity contribution is -0.0960. The zero-order valence-electron chi connectivity index (χ0n) is 17.7. The highest BCUT2D eigenvalue weighted by Crippen LogP contribution is 2.80. The van der Waals surface area contributed by atoms with E-state index in [4.69, 9.17) is 4.98 Å². The Bertz CT molecular complexity index is 1180. The van der Waals surface area contributed by atoms with Crippen LogP contribution in [0.4, 0.5) is 0 Å². The van der Waals surface area contributed by atoms with E-state index >= 15 is 0 Å². The van der Waals surface area contributed by atoms with Gasteiger partial charge >= 0.3 is 0 Å². The zero-order chi connectivity index (χ0) is 20.8. The summed E-state index contributed by atoms with van der Waals surface area (Å²) in [5, 5.41) is 17.6. The molecule has 0 saturated heterocycles. The van der Waals surface area contributed by atoms with Crippen LogP contribution in [0.5, 0.6) is 0 Å². The number of H-pyrrole nitrogens is 1. The molecule has 3 heterocycles. The van der Waals surface area contributed by atoms with E-state index < -0.39 is 0 Å². The van der Waals surface area contributed by atoms with Gasteiger partial charge in [0.25, 0.3) is 5.91 Å². The van der Waals surface area contributed by atoms with Crippen LogP contribution in [0, 0.1) is 28.6 Å². The quantitative estimate of drug-likeness (QED) is 0.665. The highest BCUT2D eigenvalue weighted by atomic mass is 16.1. The Morgan fingerprint density at radius 1 is 1.26 bits per heavy atom. The molecule has 160 valence electrons. The number of aromatic amines is 1. The summed E-state index contributed by atoms with van der Waals surface area (Å²) in [4.78, 5) is 18.0. The number of nitrogens with zero attached hydrogens (tertiary/aromatic N) is 5. The molecule has 8 heteroatoms. The molecule has 4 fully saturated rings. The largest absolute Gasteiger partial charge is 0.350 e. The monoisotopic (exact) mass is 417 g/mol. The minimum atomic E-state index is -0.104. The number of rotatable bonds is 5. The minimum Gasteiger partial charge on any atom is -0.350 e. The van der Waals surface area contributed by atoms with Crippen molar-refractivity contribution in [2.24, 2.45) is 28.6 Å². The molecule has 0 aromatic carbocycles. The van der Waals surface area contributed by atoms with Gasteiger partial charge in [-0.1, -0.05) is 11.3 Å². The first kappa shape index (κ1) is 17.9. The number of hydrogen-bond acceptors (Lipinski definition) is 5. The molecule has 2 N–H and O–H groups in total. The molecule has 7 rings (SSSR count). The number of aromatic nitrogens is 6. The van der Waals surface area contributed by atoms with Crippen molar-refractivity contribution >= 4 is 11.6 Å². The lowest BCUT2D eigenvalue weighted by atomic mass is 9.46. The molecule has 3 bridgehead atoms. The second-order valence-corrected chi connectivity index (χ2v) is 10.6. The Hall–Kier alpha value is -2.77. The molecule has 6 atom stereocenters. The van der Waals surface area contributed by atoms with E-state index in [1.54, 1.807) is 0 Å². The van der Waals surface area contributed by atoms with Crippen molar-refractivity contribution in [2.45, 2.75) is 51.4 Å².